The van der Waals surface area contributed by atoms with E-state index in [2.05, 4.69) is 57.2 Å². The Balaban J connectivity index is 1.21. The van der Waals surface area contributed by atoms with Gasteiger partial charge in [0.25, 0.3) is 5.91 Å². The number of carbonyl (C=O) groups is 1. The van der Waals surface area contributed by atoms with Crippen LogP contribution in [0.4, 0.5) is 11.4 Å². The Morgan fingerprint density at radius 2 is 1.91 bits per heavy atom. The van der Waals surface area contributed by atoms with Crippen molar-refractivity contribution in [3.63, 3.8) is 0 Å². The monoisotopic (exact) mass is 428 g/mol. The van der Waals surface area contributed by atoms with Crippen molar-refractivity contribution in [1.82, 2.24) is 10.6 Å². The molecule has 0 fully saturated rings. The van der Waals surface area contributed by atoms with Crippen LogP contribution in [0.25, 0.3) is 0 Å². The van der Waals surface area contributed by atoms with Crippen LogP contribution in [0.1, 0.15) is 33.2 Å². The molecular formula is C26H28N4O2. The number of benzene rings is 3. The van der Waals surface area contributed by atoms with Gasteiger partial charge < -0.3 is 25.6 Å². The third-order valence-electron chi connectivity index (χ3n) is 6.16. The summed E-state index contributed by atoms with van der Waals surface area (Å²) in [6.45, 7) is 3.16. The third kappa shape index (κ3) is 4.01. The highest BCUT2D eigenvalue weighted by molar-refractivity contribution is 6.04. The summed E-state index contributed by atoms with van der Waals surface area (Å²) in [5, 5.41) is 10.1. The molecule has 0 saturated carbocycles. The van der Waals surface area contributed by atoms with Gasteiger partial charge in [-0.15, -0.1) is 0 Å². The van der Waals surface area contributed by atoms with Gasteiger partial charge in [0.2, 0.25) is 0 Å². The van der Waals surface area contributed by atoms with Crippen LogP contribution in [-0.4, -0.2) is 32.7 Å². The number of ether oxygens (including phenoxy) is 1. The molecule has 2 aliphatic rings. The normalized spacial score (nSPS) is 16.7. The highest BCUT2D eigenvalue weighted by Crippen LogP contribution is 2.43. The van der Waals surface area contributed by atoms with Gasteiger partial charge in [0.1, 0.15) is 11.9 Å². The second-order valence-electron chi connectivity index (χ2n) is 8.22. The maximum absolute atomic E-state index is 12.4. The van der Waals surface area contributed by atoms with Crippen LogP contribution in [0, 0.1) is 0 Å². The second-order valence-corrected chi connectivity index (χ2v) is 8.22. The van der Waals surface area contributed by atoms with Crippen LogP contribution in [0.5, 0.6) is 5.75 Å². The number of hydrogen-bond acceptors (Lipinski definition) is 5. The molecule has 0 radical (unpaired) electrons. The number of carbonyl (C=O) groups excluding carboxylic acids is 1. The van der Waals surface area contributed by atoms with Crippen molar-refractivity contribution in [1.29, 1.82) is 0 Å². The van der Waals surface area contributed by atoms with E-state index < -0.39 is 0 Å². The highest BCUT2D eigenvalue weighted by atomic mass is 16.5. The van der Waals surface area contributed by atoms with E-state index in [4.69, 9.17) is 4.74 Å². The molecule has 1 amide bonds. The van der Waals surface area contributed by atoms with Gasteiger partial charge >= 0.3 is 0 Å². The number of hydrogen-bond donors (Lipinski definition) is 3. The van der Waals surface area contributed by atoms with Crippen LogP contribution >= 0.6 is 0 Å². The van der Waals surface area contributed by atoms with Crippen LogP contribution in [-0.2, 0) is 13.0 Å². The number of nitrogens with zero attached hydrogens (tertiary/aromatic N) is 1. The fourth-order valence-corrected chi connectivity index (χ4v) is 4.51. The van der Waals surface area contributed by atoms with E-state index in [1.165, 1.54) is 16.7 Å². The summed E-state index contributed by atoms with van der Waals surface area (Å²) in [5.41, 5.74) is 6.49. The molecule has 0 aliphatic carbocycles. The largest absolute Gasteiger partial charge is 0.497 e. The Bertz CT molecular complexity index is 1110. The zero-order valence-corrected chi connectivity index (χ0v) is 18.2. The molecule has 0 aromatic heterocycles. The maximum atomic E-state index is 12.4. The topological polar surface area (TPSA) is 65.6 Å². The number of para-hydroxylation sites is 1. The van der Waals surface area contributed by atoms with Crippen molar-refractivity contribution in [2.75, 3.05) is 37.0 Å². The molecule has 3 N–H and O–H groups in total. The predicted octanol–water partition coefficient (Wildman–Crippen LogP) is 3.70. The zero-order chi connectivity index (χ0) is 21.9. The Hall–Kier alpha value is -3.51. The summed E-state index contributed by atoms with van der Waals surface area (Å²) in [6.07, 6.45) is 0.998. The number of nitrogens with one attached hydrogen (secondary N) is 3. The quantitative estimate of drug-likeness (QED) is 0.501. The SMILES string of the molecule is COc1cccc(CCNCc2ccc(C3Nc4cccc5c4N3CCNC5=O)cc2)c1. The average molecular weight is 429 g/mol. The highest BCUT2D eigenvalue weighted by Gasteiger charge is 2.34. The summed E-state index contributed by atoms with van der Waals surface area (Å²) >= 11 is 0. The lowest BCUT2D eigenvalue weighted by molar-refractivity contribution is 0.0958. The maximum Gasteiger partial charge on any atom is 0.253 e. The molecule has 0 bridgehead atoms. The van der Waals surface area contributed by atoms with Crippen LogP contribution in [0.15, 0.2) is 66.7 Å². The summed E-state index contributed by atoms with van der Waals surface area (Å²) in [6, 6.07) is 22.8. The van der Waals surface area contributed by atoms with Crippen LogP contribution in [0.3, 0.4) is 0 Å². The smallest absolute Gasteiger partial charge is 0.253 e. The molecule has 3 aromatic rings. The van der Waals surface area contributed by atoms with Gasteiger partial charge in [-0.25, -0.2) is 0 Å². The van der Waals surface area contributed by atoms with E-state index in [0.717, 1.165) is 48.7 Å². The first-order valence-corrected chi connectivity index (χ1v) is 11.1. The van der Waals surface area contributed by atoms with Crippen molar-refractivity contribution >= 4 is 17.3 Å². The second kappa shape index (κ2) is 8.93. The molecule has 1 unspecified atom stereocenters. The summed E-state index contributed by atoms with van der Waals surface area (Å²) in [4.78, 5) is 14.7. The fourth-order valence-electron chi connectivity index (χ4n) is 4.51. The Kier molecular flexibility index (Phi) is 5.69. The zero-order valence-electron chi connectivity index (χ0n) is 18.2. The minimum atomic E-state index is 0.00201. The summed E-state index contributed by atoms with van der Waals surface area (Å²) in [5.74, 6) is 0.902. The molecule has 5 rings (SSSR count). The van der Waals surface area contributed by atoms with Gasteiger partial charge in [0.05, 0.1) is 24.0 Å². The molecule has 6 heteroatoms. The number of anilines is 2. The third-order valence-corrected chi connectivity index (χ3v) is 6.16. The fraction of sp³-hybridized carbons (Fsp3) is 0.269. The van der Waals surface area contributed by atoms with Crippen molar-refractivity contribution in [3.8, 4) is 5.75 Å². The van der Waals surface area contributed by atoms with E-state index in [1.807, 2.05) is 30.3 Å². The number of rotatable bonds is 7. The molecule has 1 atom stereocenters. The molecule has 3 aromatic carbocycles. The molecule has 6 nitrogen and oxygen atoms in total. The van der Waals surface area contributed by atoms with E-state index >= 15 is 0 Å². The minimum absolute atomic E-state index is 0.00201. The summed E-state index contributed by atoms with van der Waals surface area (Å²) < 4.78 is 5.29. The molecule has 2 aliphatic heterocycles. The molecule has 0 spiro atoms. The van der Waals surface area contributed by atoms with Gasteiger partial charge in [-0.2, -0.15) is 0 Å². The number of amides is 1. The Morgan fingerprint density at radius 1 is 1.06 bits per heavy atom. The van der Waals surface area contributed by atoms with Gasteiger partial charge in [0, 0.05) is 19.6 Å². The lowest BCUT2D eigenvalue weighted by atomic mass is 10.1. The van der Waals surface area contributed by atoms with Gasteiger partial charge in [-0.05, 0) is 53.9 Å². The van der Waals surface area contributed by atoms with Gasteiger partial charge in [-0.3, -0.25) is 4.79 Å². The first-order valence-electron chi connectivity index (χ1n) is 11.1. The average Bonchev–Trinajstić information content (AvgIpc) is 3.11. The Morgan fingerprint density at radius 3 is 2.75 bits per heavy atom. The lowest BCUT2D eigenvalue weighted by Crippen LogP contribution is -2.33. The molecule has 32 heavy (non-hydrogen) atoms. The summed E-state index contributed by atoms with van der Waals surface area (Å²) in [7, 11) is 1.70. The lowest BCUT2D eigenvalue weighted by Gasteiger charge is -2.26. The van der Waals surface area contributed by atoms with Crippen LogP contribution < -0.4 is 25.6 Å². The van der Waals surface area contributed by atoms with Gasteiger partial charge in [-0.1, -0.05) is 42.5 Å². The first-order chi connectivity index (χ1) is 15.7. The van der Waals surface area contributed by atoms with E-state index in [0.29, 0.717) is 6.54 Å². The minimum Gasteiger partial charge on any atom is -0.497 e. The van der Waals surface area contributed by atoms with Crippen molar-refractivity contribution in [2.24, 2.45) is 0 Å². The number of methoxy groups -OCH3 is 1. The standard InChI is InChI=1S/C26H28N4O2/c1-32-21-5-2-4-18(16-21)12-13-27-17-19-8-10-20(11-9-19)25-29-23-7-3-6-22-24(23)30(25)15-14-28-26(22)31/h2-11,16,25,27,29H,12-15,17H2,1H3,(H,28,31). The molecule has 2 heterocycles. The van der Waals surface area contributed by atoms with E-state index in [9.17, 15) is 4.79 Å². The Labute approximate surface area is 188 Å². The predicted molar refractivity (Wildman–Crippen MR) is 127 cm³/mol. The van der Waals surface area contributed by atoms with E-state index in [1.54, 1.807) is 7.11 Å². The van der Waals surface area contributed by atoms with Crippen molar-refractivity contribution in [3.05, 3.63) is 89.0 Å². The van der Waals surface area contributed by atoms with Crippen molar-refractivity contribution < 1.29 is 9.53 Å². The molecular weight excluding hydrogens is 400 g/mol. The van der Waals surface area contributed by atoms with Crippen LogP contribution in [0.2, 0.25) is 0 Å². The first kappa shape index (κ1) is 20.4. The molecule has 0 saturated heterocycles. The van der Waals surface area contributed by atoms with E-state index in [-0.39, 0.29) is 12.1 Å². The van der Waals surface area contributed by atoms with Crippen molar-refractivity contribution in [2.45, 2.75) is 19.1 Å². The van der Waals surface area contributed by atoms with Gasteiger partial charge in [0.15, 0.2) is 0 Å². The molecule has 164 valence electrons.